The van der Waals surface area contributed by atoms with Crippen LogP contribution in [0.2, 0.25) is 0 Å². The molecule has 5 heteroatoms. The first-order valence-electron chi connectivity index (χ1n) is 5.88. The Morgan fingerprint density at radius 2 is 1.94 bits per heavy atom. The summed E-state index contributed by atoms with van der Waals surface area (Å²) in [5.74, 6) is 0.704. The lowest BCUT2D eigenvalue weighted by atomic mass is 10.1. The molecule has 0 saturated heterocycles. The Morgan fingerprint density at radius 1 is 1.28 bits per heavy atom. The van der Waals surface area contributed by atoms with Gasteiger partial charge in [-0.1, -0.05) is 12.1 Å². The minimum absolute atomic E-state index is 0.282. The van der Waals surface area contributed by atoms with E-state index in [9.17, 15) is 4.39 Å². The molecule has 2 aromatic rings. The Labute approximate surface area is 105 Å². The number of hydrogen-bond donors (Lipinski definition) is 1. The zero-order chi connectivity index (χ0) is 13.2. The van der Waals surface area contributed by atoms with Crippen molar-refractivity contribution < 1.29 is 8.91 Å². The molecule has 0 unspecified atom stereocenters. The number of nitrogens with zero attached hydrogens (tertiary/aromatic N) is 2. The van der Waals surface area contributed by atoms with E-state index < -0.39 is 0 Å². The SMILES string of the molecule is CCNC(C)(C)c1nc(-c2ccc(F)cc2)no1. The van der Waals surface area contributed by atoms with Crippen molar-refractivity contribution in [2.45, 2.75) is 26.3 Å². The van der Waals surface area contributed by atoms with Gasteiger partial charge in [0, 0.05) is 5.56 Å². The summed E-state index contributed by atoms with van der Waals surface area (Å²) in [4.78, 5) is 4.34. The van der Waals surface area contributed by atoms with Crippen LogP contribution in [0.4, 0.5) is 4.39 Å². The molecule has 0 spiro atoms. The number of benzene rings is 1. The van der Waals surface area contributed by atoms with Crippen LogP contribution in [0.25, 0.3) is 11.4 Å². The fourth-order valence-corrected chi connectivity index (χ4v) is 1.71. The maximum Gasteiger partial charge on any atom is 0.246 e. The first-order valence-corrected chi connectivity index (χ1v) is 5.88. The fourth-order valence-electron chi connectivity index (χ4n) is 1.71. The van der Waals surface area contributed by atoms with Gasteiger partial charge in [-0.05, 0) is 44.7 Å². The van der Waals surface area contributed by atoms with Crippen LogP contribution in [0.1, 0.15) is 26.7 Å². The van der Waals surface area contributed by atoms with Crippen molar-refractivity contribution in [1.82, 2.24) is 15.5 Å². The van der Waals surface area contributed by atoms with Gasteiger partial charge in [-0.15, -0.1) is 0 Å². The molecule has 0 aliphatic heterocycles. The number of halogens is 1. The van der Waals surface area contributed by atoms with Crippen molar-refractivity contribution >= 4 is 0 Å². The third kappa shape index (κ3) is 2.56. The predicted molar refractivity (Wildman–Crippen MR) is 66.4 cm³/mol. The number of nitrogens with one attached hydrogen (secondary N) is 1. The van der Waals surface area contributed by atoms with Crippen molar-refractivity contribution in [2.24, 2.45) is 0 Å². The maximum absolute atomic E-state index is 12.8. The summed E-state index contributed by atoms with van der Waals surface area (Å²) in [7, 11) is 0. The van der Waals surface area contributed by atoms with Crippen LogP contribution >= 0.6 is 0 Å². The molecule has 0 aliphatic carbocycles. The van der Waals surface area contributed by atoms with Crippen molar-refractivity contribution in [3.8, 4) is 11.4 Å². The monoisotopic (exact) mass is 249 g/mol. The molecule has 1 aromatic heterocycles. The van der Waals surface area contributed by atoms with Gasteiger partial charge in [0.2, 0.25) is 11.7 Å². The van der Waals surface area contributed by atoms with Gasteiger partial charge in [0.1, 0.15) is 5.82 Å². The first-order chi connectivity index (χ1) is 8.53. The lowest BCUT2D eigenvalue weighted by Crippen LogP contribution is -2.36. The number of aromatic nitrogens is 2. The normalized spacial score (nSPS) is 11.8. The molecule has 96 valence electrons. The van der Waals surface area contributed by atoms with E-state index >= 15 is 0 Å². The summed E-state index contributed by atoms with van der Waals surface area (Å²) in [6, 6.07) is 6.01. The molecule has 4 nitrogen and oxygen atoms in total. The molecule has 1 N–H and O–H groups in total. The van der Waals surface area contributed by atoms with E-state index in [4.69, 9.17) is 4.52 Å². The molecule has 0 aliphatic rings. The average Bonchev–Trinajstić information content (AvgIpc) is 2.80. The number of hydrogen-bond acceptors (Lipinski definition) is 4. The molecule has 1 aromatic carbocycles. The van der Waals surface area contributed by atoms with Crippen molar-refractivity contribution in [1.29, 1.82) is 0 Å². The Balaban J connectivity index is 2.28. The lowest BCUT2D eigenvalue weighted by Gasteiger charge is -2.20. The Bertz CT molecular complexity index is 519. The summed E-state index contributed by atoms with van der Waals surface area (Å²) >= 11 is 0. The van der Waals surface area contributed by atoms with Crippen LogP contribution in [0.3, 0.4) is 0 Å². The second-order valence-electron chi connectivity index (χ2n) is 4.59. The largest absolute Gasteiger partial charge is 0.337 e. The van der Waals surface area contributed by atoms with E-state index in [1.807, 2.05) is 20.8 Å². The second kappa shape index (κ2) is 4.86. The molecule has 1 heterocycles. The Morgan fingerprint density at radius 3 is 2.56 bits per heavy atom. The van der Waals surface area contributed by atoms with Gasteiger partial charge in [-0.25, -0.2) is 4.39 Å². The van der Waals surface area contributed by atoms with Crippen molar-refractivity contribution in [2.75, 3.05) is 6.54 Å². The zero-order valence-corrected chi connectivity index (χ0v) is 10.7. The first kappa shape index (κ1) is 12.7. The van der Waals surface area contributed by atoms with E-state index in [0.29, 0.717) is 11.7 Å². The molecule has 0 saturated carbocycles. The highest BCUT2D eigenvalue weighted by Gasteiger charge is 2.26. The van der Waals surface area contributed by atoms with E-state index in [-0.39, 0.29) is 11.4 Å². The minimum Gasteiger partial charge on any atom is -0.337 e. The van der Waals surface area contributed by atoms with Gasteiger partial charge in [-0.2, -0.15) is 4.98 Å². The summed E-state index contributed by atoms with van der Waals surface area (Å²) in [5.41, 5.74) is 0.360. The van der Waals surface area contributed by atoms with Crippen molar-refractivity contribution in [3.05, 3.63) is 36.0 Å². The molecular formula is C13H16FN3O. The van der Waals surface area contributed by atoms with Crippen LogP contribution in [0, 0.1) is 5.82 Å². The maximum atomic E-state index is 12.8. The quantitative estimate of drug-likeness (QED) is 0.905. The molecule has 0 amide bonds. The summed E-state index contributed by atoms with van der Waals surface area (Å²) < 4.78 is 18.1. The highest BCUT2D eigenvalue weighted by atomic mass is 19.1. The molecule has 0 radical (unpaired) electrons. The van der Waals surface area contributed by atoms with Gasteiger partial charge in [0.25, 0.3) is 0 Å². The van der Waals surface area contributed by atoms with Gasteiger partial charge >= 0.3 is 0 Å². The zero-order valence-electron chi connectivity index (χ0n) is 10.7. The van der Waals surface area contributed by atoms with Crippen LogP contribution in [-0.4, -0.2) is 16.7 Å². The lowest BCUT2D eigenvalue weighted by molar-refractivity contribution is 0.272. The van der Waals surface area contributed by atoms with Crippen LogP contribution in [-0.2, 0) is 5.54 Å². The van der Waals surface area contributed by atoms with Gasteiger partial charge in [0.05, 0.1) is 5.54 Å². The average molecular weight is 249 g/mol. The van der Waals surface area contributed by atoms with Gasteiger partial charge < -0.3 is 9.84 Å². The smallest absolute Gasteiger partial charge is 0.246 e. The highest BCUT2D eigenvalue weighted by molar-refractivity contribution is 5.53. The van der Waals surface area contributed by atoms with Gasteiger partial charge in [0.15, 0.2) is 0 Å². The Hall–Kier alpha value is -1.75. The third-order valence-electron chi connectivity index (χ3n) is 2.68. The van der Waals surface area contributed by atoms with Crippen molar-refractivity contribution in [3.63, 3.8) is 0 Å². The molecule has 0 bridgehead atoms. The summed E-state index contributed by atoms with van der Waals surface area (Å²) in [6.45, 7) is 6.76. The molecule has 0 atom stereocenters. The van der Waals surface area contributed by atoms with Crippen LogP contribution < -0.4 is 5.32 Å². The standard InChI is InChI=1S/C13H16FN3O/c1-4-15-13(2,3)12-16-11(17-18-12)9-5-7-10(14)8-6-9/h5-8,15H,4H2,1-3H3. The molecule has 18 heavy (non-hydrogen) atoms. The van der Waals surface area contributed by atoms with E-state index in [1.54, 1.807) is 12.1 Å². The van der Waals surface area contributed by atoms with Crippen LogP contribution in [0.5, 0.6) is 0 Å². The molecular weight excluding hydrogens is 233 g/mol. The Kier molecular flexibility index (Phi) is 3.43. The van der Waals surface area contributed by atoms with Gasteiger partial charge in [-0.3, -0.25) is 0 Å². The topological polar surface area (TPSA) is 51.0 Å². The third-order valence-corrected chi connectivity index (χ3v) is 2.68. The fraction of sp³-hybridized carbons (Fsp3) is 0.385. The highest BCUT2D eigenvalue weighted by Crippen LogP contribution is 2.22. The molecule has 2 rings (SSSR count). The summed E-state index contributed by atoms with van der Waals surface area (Å²) in [6.07, 6.45) is 0. The minimum atomic E-state index is -0.375. The van der Waals surface area contributed by atoms with Crippen LogP contribution in [0.15, 0.2) is 28.8 Å². The second-order valence-corrected chi connectivity index (χ2v) is 4.59. The van der Waals surface area contributed by atoms with E-state index in [1.165, 1.54) is 12.1 Å². The number of rotatable bonds is 4. The predicted octanol–water partition coefficient (Wildman–Crippen LogP) is 2.72. The summed E-state index contributed by atoms with van der Waals surface area (Å²) in [5, 5.41) is 7.17. The van der Waals surface area contributed by atoms with E-state index in [0.717, 1.165) is 12.1 Å². The van der Waals surface area contributed by atoms with E-state index in [2.05, 4.69) is 15.5 Å². The molecule has 0 fully saturated rings.